The Morgan fingerprint density at radius 3 is 2.22 bits per heavy atom. The Morgan fingerprint density at radius 1 is 1.00 bits per heavy atom. The highest BCUT2D eigenvalue weighted by molar-refractivity contribution is 5.85. The molecular formula is C13H21Cl2N3. The minimum Gasteiger partial charge on any atom is -0.354 e. The lowest BCUT2D eigenvalue weighted by atomic mass is 9.91. The summed E-state index contributed by atoms with van der Waals surface area (Å²) in [6.45, 7) is 4.68. The van der Waals surface area contributed by atoms with Gasteiger partial charge in [-0.3, -0.25) is 4.90 Å². The Bertz CT molecular complexity index is 335. The fourth-order valence-corrected chi connectivity index (χ4v) is 2.61. The molecule has 3 nitrogen and oxygen atoms in total. The van der Waals surface area contributed by atoms with Crippen LogP contribution in [0.25, 0.3) is 0 Å². The van der Waals surface area contributed by atoms with Crippen LogP contribution in [0.15, 0.2) is 24.4 Å². The van der Waals surface area contributed by atoms with E-state index in [0.717, 1.165) is 24.9 Å². The summed E-state index contributed by atoms with van der Waals surface area (Å²) in [5, 5.41) is 0. The van der Waals surface area contributed by atoms with Crippen LogP contribution in [-0.2, 0) is 0 Å². The number of rotatable bonds is 2. The lowest BCUT2D eigenvalue weighted by Crippen LogP contribution is -2.52. The van der Waals surface area contributed by atoms with E-state index in [4.69, 9.17) is 0 Å². The number of pyridine rings is 1. The molecule has 1 saturated heterocycles. The average Bonchev–Trinajstić information content (AvgIpc) is 2.29. The van der Waals surface area contributed by atoms with Crippen molar-refractivity contribution in [1.29, 1.82) is 0 Å². The minimum absolute atomic E-state index is 0. The van der Waals surface area contributed by atoms with E-state index < -0.39 is 0 Å². The van der Waals surface area contributed by atoms with Crippen LogP contribution in [0, 0.1) is 0 Å². The van der Waals surface area contributed by atoms with Crippen LogP contribution >= 0.6 is 24.8 Å². The van der Waals surface area contributed by atoms with Gasteiger partial charge in [-0.2, -0.15) is 0 Å². The zero-order valence-electron chi connectivity index (χ0n) is 10.5. The zero-order chi connectivity index (χ0) is 10.8. The minimum atomic E-state index is 0. The first-order chi connectivity index (χ1) is 7.93. The van der Waals surface area contributed by atoms with Crippen LogP contribution in [0.3, 0.4) is 0 Å². The van der Waals surface area contributed by atoms with E-state index in [1.807, 2.05) is 12.3 Å². The van der Waals surface area contributed by atoms with E-state index in [1.54, 1.807) is 0 Å². The highest BCUT2D eigenvalue weighted by Gasteiger charge is 2.27. The second-order valence-corrected chi connectivity index (χ2v) is 4.80. The molecule has 102 valence electrons. The van der Waals surface area contributed by atoms with Crippen molar-refractivity contribution in [2.75, 3.05) is 31.1 Å². The van der Waals surface area contributed by atoms with E-state index in [9.17, 15) is 0 Å². The Kier molecular flexibility index (Phi) is 6.19. The van der Waals surface area contributed by atoms with Gasteiger partial charge in [-0.25, -0.2) is 4.98 Å². The van der Waals surface area contributed by atoms with Crippen molar-refractivity contribution in [2.24, 2.45) is 0 Å². The number of piperazine rings is 1. The maximum atomic E-state index is 4.41. The van der Waals surface area contributed by atoms with Gasteiger partial charge in [-0.05, 0) is 25.0 Å². The number of halogens is 2. The predicted molar refractivity (Wildman–Crippen MR) is 80.2 cm³/mol. The molecule has 0 aromatic carbocycles. The van der Waals surface area contributed by atoms with Gasteiger partial charge in [0.05, 0.1) is 0 Å². The summed E-state index contributed by atoms with van der Waals surface area (Å²) in [6.07, 6.45) is 6.16. The van der Waals surface area contributed by atoms with E-state index in [2.05, 4.69) is 26.9 Å². The molecule has 1 aromatic heterocycles. The molecule has 0 spiro atoms. The standard InChI is InChI=1S/C13H19N3.2ClH/c1-2-7-14-13(6-1)16-10-8-15(9-11-16)12-4-3-5-12;;/h1-2,6-7,12H,3-5,8-11H2;2*1H. The number of hydrogen-bond donors (Lipinski definition) is 0. The molecule has 0 atom stereocenters. The molecule has 0 bridgehead atoms. The van der Waals surface area contributed by atoms with Crippen LogP contribution in [0.5, 0.6) is 0 Å². The molecule has 0 N–H and O–H groups in total. The maximum Gasteiger partial charge on any atom is 0.128 e. The maximum absolute atomic E-state index is 4.41. The van der Waals surface area contributed by atoms with Gasteiger partial charge in [0, 0.05) is 38.4 Å². The van der Waals surface area contributed by atoms with Gasteiger partial charge in [0.25, 0.3) is 0 Å². The second-order valence-electron chi connectivity index (χ2n) is 4.80. The molecule has 1 saturated carbocycles. The smallest absolute Gasteiger partial charge is 0.128 e. The molecule has 2 aliphatic rings. The van der Waals surface area contributed by atoms with Crippen molar-refractivity contribution < 1.29 is 0 Å². The fourth-order valence-electron chi connectivity index (χ4n) is 2.61. The number of aromatic nitrogens is 1. The molecule has 3 rings (SSSR count). The van der Waals surface area contributed by atoms with Gasteiger partial charge in [0.1, 0.15) is 5.82 Å². The Labute approximate surface area is 121 Å². The van der Waals surface area contributed by atoms with Crippen molar-refractivity contribution in [3.8, 4) is 0 Å². The molecule has 0 unspecified atom stereocenters. The fraction of sp³-hybridized carbons (Fsp3) is 0.615. The van der Waals surface area contributed by atoms with Gasteiger partial charge in [-0.15, -0.1) is 24.8 Å². The topological polar surface area (TPSA) is 19.4 Å². The quantitative estimate of drug-likeness (QED) is 0.834. The SMILES string of the molecule is Cl.Cl.c1ccc(N2CCN(C3CCC3)CC2)nc1. The molecule has 0 radical (unpaired) electrons. The van der Waals surface area contributed by atoms with Gasteiger partial charge >= 0.3 is 0 Å². The first kappa shape index (κ1) is 15.5. The monoisotopic (exact) mass is 289 g/mol. The van der Waals surface area contributed by atoms with Gasteiger partial charge in [0.15, 0.2) is 0 Å². The van der Waals surface area contributed by atoms with E-state index in [-0.39, 0.29) is 24.8 Å². The average molecular weight is 290 g/mol. The van der Waals surface area contributed by atoms with Crippen molar-refractivity contribution in [1.82, 2.24) is 9.88 Å². The zero-order valence-corrected chi connectivity index (χ0v) is 12.1. The van der Waals surface area contributed by atoms with Crippen LogP contribution in [-0.4, -0.2) is 42.1 Å². The van der Waals surface area contributed by atoms with E-state index in [1.165, 1.54) is 32.4 Å². The molecule has 2 heterocycles. The molecule has 1 aromatic rings. The largest absolute Gasteiger partial charge is 0.354 e. The third-order valence-corrected chi connectivity index (χ3v) is 3.88. The molecule has 18 heavy (non-hydrogen) atoms. The van der Waals surface area contributed by atoms with E-state index >= 15 is 0 Å². The number of nitrogens with zero attached hydrogens (tertiary/aromatic N) is 3. The number of anilines is 1. The summed E-state index contributed by atoms with van der Waals surface area (Å²) in [6, 6.07) is 7.05. The third-order valence-electron chi connectivity index (χ3n) is 3.88. The van der Waals surface area contributed by atoms with Crippen LogP contribution < -0.4 is 4.90 Å². The summed E-state index contributed by atoms with van der Waals surface area (Å²) in [5.41, 5.74) is 0. The second kappa shape index (κ2) is 7.17. The number of hydrogen-bond acceptors (Lipinski definition) is 3. The van der Waals surface area contributed by atoms with Crippen molar-refractivity contribution in [3.63, 3.8) is 0 Å². The Balaban J connectivity index is 0.000000810. The van der Waals surface area contributed by atoms with Crippen molar-refractivity contribution in [3.05, 3.63) is 24.4 Å². The van der Waals surface area contributed by atoms with Gasteiger partial charge in [0.2, 0.25) is 0 Å². The van der Waals surface area contributed by atoms with Crippen LogP contribution in [0.2, 0.25) is 0 Å². The summed E-state index contributed by atoms with van der Waals surface area (Å²) >= 11 is 0. The van der Waals surface area contributed by atoms with E-state index in [0.29, 0.717) is 0 Å². The lowest BCUT2D eigenvalue weighted by molar-refractivity contribution is 0.120. The normalized spacial score (nSPS) is 20.6. The highest BCUT2D eigenvalue weighted by atomic mass is 35.5. The Hall–Kier alpha value is -0.510. The molecule has 2 fully saturated rings. The Morgan fingerprint density at radius 2 is 1.72 bits per heavy atom. The predicted octanol–water partition coefficient (Wildman–Crippen LogP) is 2.60. The van der Waals surface area contributed by atoms with Crippen molar-refractivity contribution >= 4 is 30.6 Å². The molecule has 1 aliphatic heterocycles. The molecular weight excluding hydrogens is 269 g/mol. The van der Waals surface area contributed by atoms with Crippen LogP contribution in [0.4, 0.5) is 5.82 Å². The first-order valence-electron chi connectivity index (χ1n) is 6.33. The first-order valence-corrected chi connectivity index (χ1v) is 6.33. The van der Waals surface area contributed by atoms with Gasteiger partial charge < -0.3 is 4.90 Å². The molecule has 5 heteroatoms. The summed E-state index contributed by atoms with van der Waals surface area (Å²) < 4.78 is 0. The van der Waals surface area contributed by atoms with Crippen molar-refractivity contribution in [2.45, 2.75) is 25.3 Å². The third kappa shape index (κ3) is 3.28. The summed E-state index contributed by atoms with van der Waals surface area (Å²) in [5.74, 6) is 1.13. The summed E-state index contributed by atoms with van der Waals surface area (Å²) in [4.78, 5) is 9.47. The van der Waals surface area contributed by atoms with Gasteiger partial charge in [-0.1, -0.05) is 12.5 Å². The summed E-state index contributed by atoms with van der Waals surface area (Å²) in [7, 11) is 0. The van der Waals surface area contributed by atoms with Crippen LogP contribution in [0.1, 0.15) is 19.3 Å². The molecule has 0 amide bonds. The highest BCUT2D eigenvalue weighted by Crippen LogP contribution is 2.26. The lowest BCUT2D eigenvalue weighted by Gasteiger charge is -2.43. The molecule has 1 aliphatic carbocycles.